The van der Waals surface area contributed by atoms with Crippen molar-refractivity contribution in [2.24, 2.45) is 0 Å². The molecule has 0 aliphatic heterocycles. The minimum atomic E-state index is -0.725. The monoisotopic (exact) mass is 598 g/mol. The number of carbonyl (C=O) groups is 3. The van der Waals surface area contributed by atoms with Crippen molar-refractivity contribution in [2.75, 3.05) is 30.5 Å². The molecule has 0 aromatic heterocycles. The predicted molar refractivity (Wildman–Crippen MR) is 170 cm³/mol. The number of hydrogen-bond donors (Lipinski definition) is 1. The standard InChI is InChI=1S/C35H35ClN2O5/c1-3-10-33(39)38(28-14-9-13-27(36)24-28)21-22-43-29-19-17-25(18-20-29)23-32(35(41)42-2)37-31-16-8-7-15-30(31)34(40)26-11-5-4-6-12-26/h4-9,11-20,24,32,37H,3,10,21-23H2,1-2H3/t32-/m0/s1. The number of rotatable bonds is 14. The van der Waals surface area contributed by atoms with E-state index < -0.39 is 12.0 Å². The molecule has 7 nitrogen and oxygen atoms in total. The molecule has 4 rings (SSSR count). The predicted octanol–water partition coefficient (Wildman–Crippen LogP) is 6.98. The van der Waals surface area contributed by atoms with E-state index in [0.717, 1.165) is 17.7 Å². The molecular weight excluding hydrogens is 564 g/mol. The topological polar surface area (TPSA) is 84.9 Å². The van der Waals surface area contributed by atoms with Crippen LogP contribution in [0.2, 0.25) is 5.02 Å². The zero-order chi connectivity index (χ0) is 30.6. The number of methoxy groups -OCH3 is 1. The van der Waals surface area contributed by atoms with Crippen LogP contribution in [-0.4, -0.2) is 44.0 Å². The van der Waals surface area contributed by atoms with E-state index in [-0.39, 0.29) is 11.7 Å². The minimum Gasteiger partial charge on any atom is -0.492 e. The smallest absolute Gasteiger partial charge is 0.328 e. The summed E-state index contributed by atoms with van der Waals surface area (Å²) in [4.78, 5) is 40.4. The van der Waals surface area contributed by atoms with Gasteiger partial charge < -0.3 is 19.7 Å². The highest BCUT2D eigenvalue weighted by molar-refractivity contribution is 6.30. The second kappa shape index (κ2) is 15.6. The number of halogens is 1. The SMILES string of the molecule is CCCC(=O)N(CCOc1ccc(C[C@H](Nc2ccccc2C(=O)c2ccccc2)C(=O)OC)cc1)c1cccc(Cl)c1. The van der Waals surface area contributed by atoms with Crippen molar-refractivity contribution >= 4 is 40.6 Å². The lowest BCUT2D eigenvalue weighted by Crippen LogP contribution is -2.34. The fourth-order valence-electron chi connectivity index (χ4n) is 4.68. The van der Waals surface area contributed by atoms with Gasteiger partial charge in [0.2, 0.25) is 5.91 Å². The number of hydrogen-bond acceptors (Lipinski definition) is 6. The molecule has 0 heterocycles. The van der Waals surface area contributed by atoms with Gasteiger partial charge in [0, 0.05) is 40.4 Å². The van der Waals surface area contributed by atoms with E-state index in [1.165, 1.54) is 7.11 Å². The maximum Gasteiger partial charge on any atom is 0.328 e. The van der Waals surface area contributed by atoms with Gasteiger partial charge in [-0.25, -0.2) is 4.79 Å². The van der Waals surface area contributed by atoms with Crippen molar-refractivity contribution in [3.05, 3.63) is 125 Å². The summed E-state index contributed by atoms with van der Waals surface area (Å²) in [5.41, 5.74) is 3.19. The highest BCUT2D eigenvalue weighted by Gasteiger charge is 2.23. The number of esters is 1. The van der Waals surface area contributed by atoms with Crippen LogP contribution in [0.4, 0.5) is 11.4 Å². The summed E-state index contributed by atoms with van der Waals surface area (Å²) in [6, 6.07) is 30.0. The Balaban J connectivity index is 1.41. The van der Waals surface area contributed by atoms with Gasteiger partial charge >= 0.3 is 5.97 Å². The van der Waals surface area contributed by atoms with Gasteiger partial charge in [-0.1, -0.05) is 79.2 Å². The molecule has 1 atom stereocenters. The number of amides is 1. The van der Waals surface area contributed by atoms with E-state index in [9.17, 15) is 14.4 Å². The van der Waals surface area contributed by atoms with Crippen LogP contribution in [0.5, 0.6) is 5.75 Å². The van der Waals surface area contributed by atoms with Crippen molar-refractivity contribution in [3.8, 4) is 5.75 Å². The number of carbonyl (C=O) groups excluding carboxylic acids is 3. The fraction of sp³-hybridized carbons (Fsp3) is 0.229. The quantitative estimate of drug-likeness (QED) is 0.124. The average Bonchev–Trinajstić information content (AvgIpc) is 3.03. The zero-order valence-corrected chi connectivity index (χ0v) is 25.1. The Bertz CT molecular complexity index is 1530. The molecule has 4 aromatic rings. The van der Waals surface area contributed by atoms with Crippen molar-refractivity contribution in [1.82, 2.24) is 0 Å². The maximum absolute atomic E-state index is 13.2. The first-order valence-electron chi connectivity index (χ1n) is 14.2. The van der Waals surface area contributed by atoms with Crippen molar-refractivity contribution < 1.29 is 23.9 Å². The first kappa shape index (κ1) is 31.3. The number of nitrogens with one attached hydrogen (secondary N) is 1. The van der Waals surface area contributed by atoms with Gasteiger partial charge in [-0.3, -0.25) is 9.59 Å². The Morgan fingerprint density at radius 2 is 1.60 bits per heavy atom. The molecule has 0 spiro atoms. The Morgan fingerprint density at radius 1 is 0.884 bits per heavy atom. The lowest BCUT2D eigenvalue weighted by molar-refractivity contribution is -0.141. The van der Waals surface area contributed by atoms with E-state index in [0.29, 0.717) is 53.6 Å². The Morgan fingerprint density at radius 3 is 2.30 bits per heavy atom. The van der Waals surface area contributed by atoms with Crippen LogP contribution in [-0.2, 0) is 20.7 Å². The largest absolute Gasteiger partial charge is 0.492 e. The van der Waals surface area contributed by atoms with Crippen LogP contribution >= 0.6 is 11.6 Å². The molecule has 0 fully saturated rings. The second-order valence-corrected chi connectivity index (χ2v) is 10.4. The molecule has 4 aromatic carbocycles. The van der Waals surface area contributed by atoms with Crippen LogP contribution in [0.15, 0.2) is 103 Å². The summed E-state index contributed by atoms with van der Waals surface area (Å²) in [5.74, 6) is 0.0653. The van der Waals surface area contributed by atoms with Gasteiger partial charge in [0.05, 0.1) is 13.7 Å². The number of para-hydroxylation sites is 1. The first-order valence-corrected chi connectivity index (χ1v) is 14.6. The summed E-state index contributed by atoms with van der Waals surface area (Å²) in [6.07, 6.45) is 1.50. The first-order chi connectivity index (χ1) is 20.9. The number of nitrogens with zero attached hydrogens (tertiary/aromatic N) is 1. The summed E-state index contributed by atoms with van der Waals surface area (Å²) < 4.78 is 11.0. The highest BCUT2D eigenvalue weighted by atomic mass is 35.5. The molecule has 0 bridgehead atoms. The molecule has 1 amide bonds. The van der Waals surface area contributed by atoms with Gasteiger partial charge in [-0.05, 0) is 54.4 Å². The van der Waals surface area contributed by atoms with Gasteiger partial charge in [0.25, 0.3) is 0 Å². The molecule has 0 aliphatic carbocycles. The Kier molecular flexibility index (Phi) is 11.3. The Hall–Kier alpha value is -4.62. The lowest BCUT2D eigenvalue weighted by Gasteiger charge is -2.23. The van der Waals surface area contributed by atoms with Gasteiger partial charge in [0.15, 0.2) is 5.78 Å². The van der Waals surface area contributed by atoms with E-state index in [4.69, 9.17) is 21.1 Å². The summed E-state index contributed by atoms with van der Waals surface area (Å²) >= 11 is 6.15. The average molecular weight is 599 g/mol. The summed E-state index contributed by atoms with van der Waals surface area (Å²) in [7, 11) is 1.34. The third-order valence-corrected chi connectivity index (χ3v) is 7.09. The van der Waals surface area contributed by atoms with Crippen molar-refractivity contribution in [1.29, 1.82) is 0 Å². The number of benzene rings is 4. The molecule has 0 saturated carbocycles. The molecule has 0 aliphatic rings. The molecule has 43 heavy (non-hydrogen) atoms. The normalized spacial score (nSPS) is 11.3. The third-order valence-electron chi connectivity index (χ3n) is 6.85. The van der Waals surface area contributed by atoms with Crippen LogP contribution < -0.4 is 15.0 Å². The second-order valence-electron chi connectivity index (χ2n) is 9.93. The highest BCUT2D eigenvalue weighted by Crippen LogP contribution is 2.23. The number of anilines is 2. The Labute approximate surface area is 257 Å². The molecule has 1 N–H and O–H groups in total. The van der Waals surface area contributed by atoms with Gasteiger partial charge in [0.1, 0.15) is 18.4 Å². The summed E-state index contributed by atoms with van der Waals surface area (Å²) in [5, 5.41) is 3.79. The molecule has 0 saturated heterocycles. The van der Waals surface area contributed by atoms with Crippen LogP contribution in [0.1, 0.15) is 41.3 Å². The van der Waals surface area contributed by atoms with Gasteiger partial charge in [-0.2, -0.15) is 0 Å². The van der Waals surface area contributed by atoms with Gasteiger partial charge in [-0.15, -0.1) is 0 Å². The molecule has 0 unspecified atom stereocenters. The number of ether oxygens (including phenoxy) is 2. The van der Waals surface area contributed by atoms with Crippen molar-refractivity contribution in [3.63, 3.8) is 0 Å². The summed E-state index contributed by atoms with van der Waals surface area (Å²) in [6.45, 7) is 2.63. The molecular formula is C35H35ClN2O5. The van der Waals surface area contributed by atoms with Crippen LogP contribution in [0.25, 0.3) is 0 Å². The van der Waals surface area contributed by atoms with E-state index in [2.05, 4.69) is 5.32 Å². The number of ketones is 1. The zero-order valence-electron chi connectivity index (χ0n) is 24.3. The maximum atomic E-state index is 13.2. The third kappa shape index (κ3) is 8.69. The molecule has 222 valence electrons. The fourth-order valence-corrected chi connectivity index (χ4v) is 4.86. The van der Waals surface area contributed by atoms with E-state index in [1.54, 1.807) is 47.4 Å². The molecule has 0 radical (unpaired) electrons. The van der Waals surface area contributed by atoms with Crippen molar-refractivity contribution in [2.45, 2.75) is 32.2 Å². The van der Waals surface area contributed by atoms with Crippen LogP contribution in [0, 0.1) is 0 Å². The van der Waals surface area contributed by atoms with E-state index in [1.807, 2.05) is 67.6 Å². The van der Waals surface area contributed by atoms with Crippen LogP contribution in [0.3, 0.4) is 0 Å². The van der Waals surface area contributed by atoms with E-state index >= 15 is 0 Å². The minimum absolute atomic E-state index is 0.0112. The lowest BCUT2D eigenvalue weighted by atomic mass is 10.00. The molecule has 8 heteroatoms.